The van der Waals surface area contributed by atoms with Crippen molar-refractivity contribution >= 4 is 17.7 Å². The van der Waals surface area contributed by atoms with Crippen LogP contribution in [0.15, 0.2) is 23.1 Å². The monoisotopic (exact) mass is 156 g/mol. The van der Waals surface area contributed by atoms with Crippen molar-refractivity contribution in [1.82, 2.24) is 0 Å². The van der Waals surface area contributed by atoms with Crippen LogP contribution < -0.4 is 0 Å². The molecule has 54 valence electrons. The van der Waals surface area contributed by atoms with Crippen molar-refractivity contribution in [3.63, 3.8) is 0 Å². The minimum atomic E-state index is -0.253. The van der Waals surface area contributed by atoms with Gasteiger partial charge in [0.1, 0.15) is 0 Å². The van der Waals surface area contributed by atoms with Crippen LogP contribution in [0.5, 0.6) is 0 Å². The largest absolute Gasteiger partial charge is 0.465 e. The first-order valence-corrected chi connectivity index (χ1v) is 3.96. The molecule has 0 N–H and O–H groups in total. The van der Waals surface area contributed by atoms with Gasteiger partial charge in [-0.15, -0.1) is 11.8 Å². The van der Waals surface area contributed by atoms with Gasteiger partial charge in [0, 0.05) is 5.75 Å². The lowest BCUT2D eigenvalue weighted by Gasteiger charge is -2.02. The van der Waals surface area contributed by atoms with Crippen LogP contribution in [0.2, 0.25) is 0 Å². The molecule has 0 bridgehead atoms. The molecule has 0 aromatic heterocycles. The number of carbonyl (C=O) groups is 1. The number of hydrogen-bond donors (Lipinski definition) is 0. The van der Waals surface area contributed by atoms with Crippen molar-refractivity contribution in [2.75, 3.05) is 12.9 Å². The zero-order valence-electron chi connectivity index (χ0n) is 5.66. The maximum Gasteiger partial charge on any atom is 0.337 e. The van der Waals surface area contributed by atoms with Crippen LogP contribution in [0, 0.1) is 0 Å². The van der Waals surface area contributed by atoms with E-state index in [-0.39, 0.29) is 5.97 Å². The van der Waals surface area contributed by atoms with Gasteiger partial charge < -0.3 is 4.74 Å². The lowest BCUT2D eigenvalue weighted by Crippen LogP contribution is -2.03. The van der Waals surface area contributed by atoms with Crippen molar-refractivity contribution in [2.45, 2.75) is 0 Å². The first-order valence-electron chi connectivity index (χ1n) is 2.91. The highest BCUT2D eigenvalue weighted by molar-refractivity contribution is 8.02. The average molecular weight is 156 g/mol. The Hall–Kier alpha value is -0.700. The van der Waals surface area contributed by atoms with E-state index in [1.807, 2.05) is 11.5 Å². The van der Waals surface area contributed by atoms with Crippen LogP contribution in [0.3, 0.4) is 0 Å². The van der Waals surface area contributed by atoms with E-state index in [0.717, 1.165) is 5.75 Å². The third-order valence-electron chi connectivity index (χ3n) is 1.16. The number of methoxy groups -OCH3 is 1. The maximum atomic E-state index is 10.8. The van der Waals surface area contributed by atoms with Gasteiger partial charge in [-0.05, 0) is 11.5 Å². The highest BCUT2D eigenvalue weighted by Crippen LogP contribution is 2.14. The second-order valence-electron chi connectivity index (χ2n) is 1.79. The van der Waals surface area contributed by atoms with E-state index in [2.05, 4.69) is 4.74 Å². The molecule has 2 nitrogen and oxygen atoms in total. The summed E-state index contributed by atoms with van der Waals surface area (Å²) in [6, 6.07) is 0. The second kappa shape index (κ2) is 3.46. The van der Waals surface area contributed by atoms with E-state index in [4.69, 9.17) is 0 Å². The Balaban J connectivity index is 2.63. The molecule has 0 fully saturated rings. The molecule has 0 aromatic carbocycles. The minimum absolute atomic E-state index is 0.253. The molecule has 0 aliphatic carbocycles. The molecule has 1 aliphatic rings. The fourth-order valence-electron chi connectivity index (χ4n) is 0.652. The first kappa shape index (κ1) is 7.41. The van der Waals surface area contributed by atoms with E-state index in [1.165, 1.54) is 7.11 Å². The Morgan fingerprint density at radius 2 is 2.60 bits per heavy atom. The molecule has 0 saturated heterocycles. The van der Waals surface area contributed by atoms with Gasteiger partial charge in [-0.25, -0.2) is 4.79 Å². The van der Waals surface area contributed by atoms with E-state index in [1.54, 1.807) is 17.8 Å². The summed E-state index contributed by atoms with van der Waals surface area (Å²) in [6.07, 6.45) is 3.62. The zero-order valence-corrected chi connectivity index (χ0v) is 6.48. The molecule has 0 aromatic rings. The van der Waals surface area contributed by atoms with E-state index in [9.17, 15) is 4.79 Å². The molecule has 1 heterocycles. The van der Waals surface area contributed by atoms with Crippen LogP contribution in [-0.2, 0) is 9.53 Å². The number of carbonyl (C=O) groups excluding carboxylic acids is 1. The molecule has 1 aliphatic heterocycles. The summed E-state index contributed by atoms with van der Waals surface area (Å²) in [4.78, 5) is 10.8. The van der Waals surface area contributed by atoms with E-state index < -0.39 is 0 Å². The van der Waals surface area contributed by atoms with Gasteiger partial charge in [-0.2, -0.15) is 0 Å². The SMILES string of the molecule is COC(=O)C1=CCSC=C1. The summed E-state index contributed by atoms with van der Waals surface area (Å²) in [6.45, 7) is 0. The molecule has 0 amide bonds. The predicted molar refractivity (Wildman–Crippen MR) is 41.7 cm³/mol. The van der Waals surface area contributed by atoms with Crippen LogP contribution in [-0.4, -0.2) is 18.8 Å². The predicted octanol–water partition coefficient (Wildman–Crippen LogP) is 1.35. The smallest absolute Gasteiger partial charge is 0.337 e. The summed E-state index contributed by atoms with van der Waals surface area (Å²) >= 11 is 1.66. The van der Waals surface area contributed by atoms with Crippen LogP contribution >= 0.6 is 11.8 Å². The van der Waals surface area contributed by atoms with Crippen LogP contribution in [0.4, 0.5) is 0 Å². The van der Waals surface area contributed by atoms with Gasteiger partial charge in [0.25, 0.3) is 0 Å². The summed E-state index contributed by atoms with van der Waals surface area (Å²) in [5, 5.41) is 1.90. The third kappa shape index (κ3) is 1.64. The van der Waals surface area contributed by atoms with Gasteiger partial charge in [-0.3, -0.25) is 0 Å². The molecule has 1 rings (SSSR count). The van der Waals surface area contributed by atoms with Gasteiger partial charge in [0.15, 0.2) is 0 Å². The Kier molecular flexibility index (Phi) is 2.57. The third-order valence-corrected chi connectivity index (χ3v) is 1.85. The van der Waals surface area contributed by atoms with Crippen molar-refractivity contribution < 1.29 is 9.53 Å². The Bertz CT molecular complexity index is 194. The number of hydrogen-bond acceptors (Lipinski definition) is 3. The molecule has 0 spiro atoms. The molecule has 0 radical (unpaired) electrons. The Morgan fingerprint density at radius 3 is 3.10 bits per heavy atom. The van der Waals surface area contributed by atoms with Crippen molar-refractivity contribution in [3.05, 3.63) is 23.1 Å². The quantitative estimate of drug-likeness (QED) is 0.536. The lowest BCUT2D eigenvalue weighted by molar-refractivity contribution is -0.135. The summed E-state index contributed by atoms with van der Waals surface area (Å²) in [5.74, 6) is 0.609. The fourth-order valence-corrected chi connectivity index (χ4v) is 1.28. The van der Waals surface area contributed by atoms with E-state index >= 15 is 0 Å². The fraction of sp³-hybridized carbons (Fsp3) is 0.286. The number of ether oxygens (including phenoxy) is 1. The lowest BCUT2D eigenvalue weighted by atomic mass is 10.2. The highest BCUT2D eigenvalue weighted by atomic mass is 32.2. The van der Waals surface area contributed by atoms with Crippen LogP contribution in [0.25, 0.3) is 0 Å². The van der Waals surface area contributed by atoms with E-state index in [0.29, 0.717) is 5.57 Å². The second-order valence-corrected chi connectivity index (χ2v) is 2.73. The average Bonchev–Trinajstić information content (AvgIpc) is 2.05. The Morgan fingerprint density at radius 1 is 1.80 bits per heavy atom. The van der Waals surface area contributed by atoms with Gasteiger partial charge in [0.2, 0.25) is 0 Å². The molecular formula is C7H8O2S. The van der Waals surface area contributed by atoms with Gasteiger partial charge in [-0.1, -0.05) is 6.08 Å². The normalized spacial score (nSPS) is 16.3. The van der Waals surface area contributed by atoms with Crippen molar-refractivity contribution in [3.8, 4) is 0 Å². The number of thioether (sulfide) groups is 1. The topological polar surface area (TPSA) is 26.3 Å². The molecule has 0 unspecified atom stereocenters. The van der Waals surface area contributed by atoms with Crippen molar-refractivity contribution in [1.29, 1.82) is 0 Å². The number of esters is 1. The molecule has 0 saturated carbocycles. The molecule has 0 atom stereocenters. The van der Waals surface area contributed by atoms with Gasteiger partial charge in [0.05, 0.1) is 12.7 Å². The minimum Gasteiger partial charge on any atom is -0.465 e. The van der Waals surface area contributed by atoms with Crippen molar-refractivity contribution in [2.24, 2.45) is 0 Å². The summed E-state index contributed by atoms with van der Waals surface area (Å²) < 4.78 is 4.52. The highest BCUT2D eigenvalue weighted by Gasteiger charge is 2.06. The molecular weight excluding hydrogens is 148 g/mol. The van der Waals surface area contributed by atoms with Gasteiger partial charge >= 0.3 is 5.97 Å². The maximum absolute atomic E-state index is 10.8. The Labute approximate surface area is 63.9 Å². The van der Waals surface area contributed by atoms with Crippen LogP contribution in [0.1, 0.15) is 0 Å². The number of rotatable bonds is 1. The molecule has 10 heavy (non-hydrogen) atoms. The summed E-state index contributed by atoms with van der Waals surface area (Å²) in [5.41, 5.74) is 0.654. The molecule has 3 heteroatoms. The standard InChI is InChI=1S/C7H8O2S/c1-9-7(8)6-2-4-10-5-3-6/h2-4H,5H2,1H3. The summed E-state index contributed by atoms with van der Waals surface area (Å²) in [7, 11) is 1.39. The zero-order chi connectivity index (χ0) is 7.40. The first-order chi connectivity index (χ1) is 4.84.